The van der Waals surface area contributed by atoms with Crippen LogP contribution in [0, 0.1) is 17.8 Å². The van der Waals surface area contributed by atoms with E-state index in [1.165, 1.54) is 62.8 Å². The van der Waals surface area contributed by atoms with Crippen LogP contribution in [0.1, 0.15) is 70.6 Å². The Balaban J connectivity index is 1.14. The highest BCUT2D eigenvalue weighted by Gasteiger charge is 2.33. The predicted octanol–water partition coefficient (Wildman–Crippen LogP) is 4.48. The maximum absolute atomic E-state index is 12.5. The summed E-state index contributed by atoms with van der Waals surface area (Å²) in [5.41, 5.74) is 1.37. The molecule has 7 heteroatoms. The Morgan fingerprint density at radius 1 is 1.03 bits per heavy atom. The van der Waals surface area contributed by atoms with Gasteiger partial charge < -0.3 is 13.9 Å². The molecule has 3 fully saturated rings. The zero-order valence-corrected chi connectivity index (χ0v) is 18.3. The molecule has 0 spiro atoms. The van der Waals surface area contributed by atoms with Gasteiger partial charge in [-0.15, -0.1) is 0 Å². The Morgan fingerprint density at radius 3 is 2.76 bits per heavy atom. The average molecular weight is 422 g/mol. The first-order chi connectivity index (χ1) is 14.2. The van der Waals surface area contributed by atoms with E-state index in [1.807, 2.05) is 4.90 Å². The number of rotatable bonds is 5. The second-order valence-electron chi connectivity index (χ2n) is 9.01. The molecule has 4 rings (SSSR count). The third-order valence-corrected chi connectivity index (χ3v) is 8.03. The molecule has 2 unspecified atom stereocenters. The molecule has 6 nitrogen and oxygen atoms in total. The van der Waals surface area contributed by atoms with Crippen molar-refractivity contribution < 1.29 is 14.3 Å². The number of amides is 2. The number of likely N-dealkylation sites (tertiary alicyclic amines) is 1. The highest BCUT2D eigenvalue weighted by molar-refractivity contribution is 7.95. The third-order valence-electron chi connectivity index (χ3n) is 7.16. The Kier molecular flexibility index (Phi) is 7.27. The molecule has 2 saturated heterocycles. The van der Waals surface area contributed by atoms with Gasteiger partial charge in [0.05, 0.1) is 18.6 Å². The quantitative estimate of drug-likeness (QED) is 0.663. The summed E-state index contributed by atoms with van der Waals surface area (Å²) in [5, 5.41) is 0. The monoisotopic (exact) mass is 421 g/mol. The molecule has 0 bridgehead atoms. The number of allylic oxidation sites excluding steroid dienone is 2. The largest absolute Gasteiger partial charge is 0.448 e. The van der Waals surface area contributed by atoms with Crippen LogP contribution in [0.15, 0.2) is 11.8 Å². The van der Waals surface area contributed by atoms with Gasteiger partial charge in [-0.2, -0.15) is 0 Å². The van der Waals surface area contributed by atoms with Crippen LogP contribution in [0.5, 0.6) is 0 Å². The standard InChI is InChI=1S/C22H35N3O3S/c26-21(24-14-11-17-6-1-2-8-19(17)16-24)12-15-28-22(27)23-29-25-13-5-9-18-7-3-4-10-20(18)25/h10,17-19H,1-9,11-16H2,(H,23,27)/t17?,18?,19-/m1/s1. The SMILES string of the molecule is O=C(NSN1CCCC2CCCC=C21)OCCC(=O)N1CCC2CCCC[C@@H]2C1. The minimum atomic E-state index is -0.452. The molecule has 2 aliphatic carbocycles. The van der Waals surface area contributed by atoms with Crippen LogP contribution in [0.3, 0.4) is 0 Å². The van der Waals surface area contributed by atoms with Gasteiger partial charge in [0.2, 0.25) is 5.91 Å². The number of carbonyl (C=O) groups is 2. The summed E-state index contributed by atoms with van der Waals surface area (Å²) in [5.74, 6) is 2.28. The molecule has 162 valence electrons. The number of nitrogens with one attached hydrogen (secondary N) is 1. The second-order valence-corrected chi connectivity index (χ2v) is 9.84. The van der Waals surface area contributed by atoms with E-state index in [1.54, 1.807) is 0 Å². The van der Waals surface area contributed by atoms with Gasteiger partial charge in [-0.1, -0.05) is 25.3 Å². The molecule has 0 aromatic heterocycles. The van der Waals surface area contributed by atoms with Crippen LogP contribution in [0.4, 0.5) is 4.79 Å². The molecular formula is C22H35N3O3S. The van der Waals surface area contributed by atoms with Crippen LogP contribution < -0.4 is 4.72 Å². The summed E-state index contributed by atoms with van der Waals surface area (Å²) in [4.78, 5) is 26.6. The Hall–Kier alpha value is -1.37. The lowest BCUT2D eigenvalue weighted by Gasteiger charge is -2.41. The highest BCUT2D eigenvalue weighted by Crippen LogP contribution is 2.38. The van der Waals surface area contributed by atoms with Gasteiger partial charge in [0.15, 0.2) is 0 Å². The van der Waals surface area contributed by atoms with Gasteiger partial charge in [0.1, 0.15) is 6.61 Å². The van der Waals surface area contributed by atoms with Gasteiger partial charge in [0, 0.05) is 25.3 Å². The molecule has 1 saturated carbocycles. The van der Waals surface area contributed by atoms with Crippen molar-refractivity contribution in [1.82, 2.24) is 13.9 Å². The van der Waals surface area contributed by atoms with E-state index in [0.717, 1.165) is 44.8 Å². The molecule has 0 aromatic rings. The lowest BCUT2D eigenvalue weighted by molar-refractivity contribution is -0.135. The van der Waals surface area contributed by atoms with Crippen molar-refractivity contribution in [2.75, 3.05) is 26.2 Å². The van der Waals surface area contributed by atoms with E-state index in [9.17, 15) is 9.59 Å². The lowest BCUT2D eigenvalue weighted by atomic mass is 9.75. The third kappa shape index (κ3) is 5.41. The van der Waals surface area contributed by atoms with E-state index in [4.69, 9.17) is 4.74 Å². The summed E-state index contributed by atoms with van der Waals surface area (Å²) in [6.07, 6.45) is 14.6. The molecule has 2 aliphatic heterocycles. The smallest absolute Gasteiger partial charge is 0.418 e. The van der Waals surface area contributed by atoms with Crippen molar-refractivity contribution in [2.24, 2.45) is 17.8 Å². The fourth-order valence-corrected chi connectivity index (χ4v) is 6.37. The molecule has 2 amide bonds. The van der Waals surface area contributed by atoms with Crippen molar-refractivity contribution in [2.45, 2.75) is 70.6 Å². The van der Waals surface area contributed by atoms with Gasteiger partial charge in [-0.25, -0.2) is 9.52 Å². The van der Waals surface area contributed by atoms with Crippen LogP contribution >= 0.6 is 12.1 Å². The van der Waals surface area contributed by atoms with Crippen molar-refractivity contribution in [3.63, 3.8) is 0 Å². The van der Waals surface area contributed by atoms with Crippen molar-refractivity contribution >= 4 is 24.1 Å². The first-order valence-corrected chi connectivity index (χ1v) is 12.3. The molecule has 1 N–H and O–H groups in total. The van der Waals surface area contributed by atoms with Crippen LogP contribution in [-0.2, 0) is 9.53 Å². The maximum Gasteiger partial charge on any atom is 0.418 e. The van der Waals surface area contributed by atoms with Crippen molar-refractivity contribution in [3.05, 3.63) is 11.8 Å². The van der Waals surface area contributed by atoms with E-state index in [2.05, 4.69) is 15.1 Å². The first-order valence-electron chi connectivity index (χ1n) is 11.6. The second kappa shape index (κ2) is 10.1. The van der Waals surface area contributed by atoms with Crippen molar-refractivity contribution in [1.29, 1.82) is 0 Å². The van der Waals surface area contributed by atoms with E-state index in [-0.39, 0.29) is 18.9 Å². The zero-order valence-electron chi connectivity index (χ0n) is 17.4. The van der Waals surface area contributed by atoms with Crippen LogP contribution in [-0.4, -0.2) is 47.4 Å². The van der Waals surface area contributed by atoms with Crippen LogP contribution in [0.2, 0.25) is 0 Å². The topological polar surface area (TPSA) is 61.9 Å². The number of piperidine rings is 2. The number of ether oxygens (including phenoxy) is 1. The first kappa shape index (κ1) is 20.9. The number of carbonyl (C=O) groups excluding carboxylic acids is 2. The normalized spacial score (nSPS) is 29.4. The lowest BCUT2D eigenvalue weighted by Crippen LogP contribution is -2.45. The Bertz CT molecular complexity index is 626. The Labute approximate surface area is 179 Å². The molecule has 0 radical (unpaired) electrons. The highest BCUT2D eigenvalue weighted by atomic mass is 32.2. The van der Waals surface area contributed by atoms with Crippen LogP contribution in [0.25, 0.3) is 0 Å². The summed E-state index contributed by atoms with van der Waals surface area (Å²) >= 11 is 1.34. The van der Waals surface area contributed by atoms with Gasteiger partial charge in [-0.3, -0.25) is 4.79 Å². The summed E-state index contributed by atoms with van der Waals surface area (Å²) in [6, 6.07) is 0. The number of hydrogen-bond donors (Lipinski definition) is 1. The average Bonchev–Trinajstić information content (AvgIpc) is 2.77. The number of hydrogen-bond acceptors (Lipinski definition) is 5. The van der Waals surface area contributed by atoms with Gasteiger partial charge >= 0.3 is 6.09 Å². The van der Waals surface area contributed by atoms with E-state index >= 15 is 0 Å². The molecular weight excluding hydrogens is 386 g/mol. The van der Waals surface area contributed by atoms with Gasteiger partial charge in [0.25, 0.3) is 0 Å². The molecule has 29 heavy (non-hydrogen) atoms. The fraction of sp³-hybridized carbons (Fsp3) is 0.818. The maximum atomic E-state index is 12.5. The molecule has 3 atom stereocenters. The minimum absolute atomic E-state index is 0.126. The van der Waals surface area contributed by atoms with E-state index in [0.29, 0.717) is 11.8 Å². The zero-order chi connectivity index (χ0) is 20.1. The van der Waals surface area contributed by atoms with E-state index < -0.39 is 6.09 Å². The Morgan fingerprint density at radius 2 is 1.86 bits per heavy atom. The predicted molar refractivity (Wildman–Crippen MR) is 115 cm³/mol. The molecule has 2 heterocycles. The summed E-state index contributed by atoms with van der Waals surface area (Å²) < 4.78 is 10.3. The summed E-state index contributed by atoms with van der Waals surface area (Å²) in [7, 11) is 0. The molecule has 0 aromatic carbocycles. The van der Waals surface area contributed by atoms with Gasteiger partial charge in [-0.05, 0) is 62.7 Å². The van der Waals surface area contributed by atoms with Crippen molar-refractivity contribution in [3.8, 4) is 0 Å². The minimum Gasteiger partial charge on any atom is -0.448 e. The summed E-state index contributed by atoms with van der Waals surface area (Å²) in [6.45, 7) is 2.88. The fourth-order valence-electron chi connectivity index (χ4n) is 5.57. The molecule has 4 aliphatic rings. The number of nitrogens with zero attached hydrogens (tertiary/aromatic N) is 2. The number of fused-ring (bicyclic) bond motifs is 2.